The fourth-order valence-electron chi connectivity index (χ4n) is 2.49. The van der Waals surface area contributed by atoms with Crippen LogP contribution in [0, 0.1) is 0 Å². The van der Waals surface area contributed by atoms with Gasteiger partial charge in [-0.15, -0.1) is 11.3 Å². The second-order valence-corrected chi connectivity index (χ2v) is 5.98. The van der Waals surface area contributed by atoms with Crippen molar-refractivity contribution in [2.45, 2.75) is 0 Å². The quantitative estimate of drug-likeness (QED) is 0.619. The Morgan fingerprint density at radius 2 is 2.04 bits per heavy atom. The van der Waals surface area contributed by atoms with Crippen LogP contribution in [-0.4, -0.2) is 31.6 Å². The molecule has 0 aliphatic rings. The Balaban J connectivity index is 2.02. The van der Waals surface area contributed by atoms with Crippen molar-refractivity contribution in [3.63, 3.8) is 0 Å². The fourth-order valence-corrected chi connectivity index (χ4v) is 3.26. The first kappa shape index (κ1) is 14.5. The maximum Gasteiger partial charge on any atom is 0.237 e. The number of aromatic nitrogens is 5. The Labute approximate surface area is 142 Å². The van der Waals surface area contributed by atoms with Gasteiger partial charge in [-0.25, -0.2) is 9.97 Å². The highest BCUT2D eigenvalue weighted by molar-refractivity contribution is 7.13. The van der Waals surface area contributed by atoms with E-state index in [9.17, 15) is 0 Å². The molecule has 0 unspecified atom stereocenters. The first-order valence-electron chi connectivity index (χ1n) is 7.39. The van der Waals surface area contributed by atoms with E-state index in [4.69, 9.17) is 4.98 Å². The van der Waals surface area contributed by atoms with Gasteiger partial charge in [0.15, 0.2) is 0 Å². The summed E-state index contributed by atoms with van der Waals surface area (Å²) in [4.78, 5) is 18.9. The van der Waals surface area contributed by atoms with Crippen LogP contribution in [0.3, 0.4) is 0 Å². The van der Waals surface area contributed by atoms with Gasteiger partial charge in [0.25, 0.3) is 0 Å². The summed E-state index contributed by atoms with van der Waals surface area (Å²) in [5.41, 5.74) is 2.76. The monoisotopic (exact) mass is 334 g/mol. The van der Waals surface area contributed by atoms with Crippen molar-refractivity contribution in [3.05, 3.63) is 60.8 Å². The van der Waals surface area contributed by atoms with Crippen molar-refractivity contribution in [1.29, 1.82) is 0 Å². The number of hydrogen-bond acceptors (Lipinski definition) is 6. The average Bonchev–Trinajstić information content (AvgIpc) is 3.35. The van der Waals surface area contributed by atoms with E-state index >= 15 is 0 Å². The molecule has 6 nitrogen and oxygen atoms in total. The largest absolute Gasteiger partial charge is 0.372 e. The highest BCUT2D eigenvalue weighted by Gasteiger charge is 2.18. The van der Waals surface area contributed by atoms with Crippen molar-refractivity contribution >= 4 is 17.2 Å². The van der Waals surface area contributed by atoms with Crippen LogP contribution in [-0.2, 0) is 0 Å². The molecule has 1 N–H and O–H groups in total. The van der Waals surface area contributed by atoms with E-state index in [-0.39, 0.29) is 0 Å². The molecule has 0 aliphatic heterocycles. The van der Waals surface area contributed by atoms with Crippen molar-refractivity contribution in [1.82, 2.24) is 24.5 Å². The smallest absolute Gasteiger partial charge is 0.237 e. The summed E-state index contributed by atoms with van der Waals surface area (Å²) in [6.45, 7) is 0. The van der Waals surface area contributed by atoms with Crippen molar-refractivity contribution in [3.8, 4) is 27.6 Å². The number of anilines is 1. The number of imidazole rings is 1. The van der Waals surface area contributed by atoms with E-state index in [1.807, 2.05) is 43.0 Å². The van der Waals surface area contributed by atoms with Crippen LogP contribution in [0.1, 0.15) is 0 Å². The molecular weight excluding hydrogens is 320 g/mol. The van der Waals surface area contributed by atoms with Gasteiger partial charge in [0.2, 0.25) is 5.95 Å². The number of nitrogens with zero attached hydrogens (tertiary/aromatic N) is 5. The van der Waals surface area contributed by atoms with Crippen LogP contribution >= 0.6 is 11.3 Å². The predicted octanol–water partition coefficient (Wildman–Crippen LogP) is 3.49. The van der Waals surface area contributed by atoms with E-state index in [1.54, 1.807) is 34.6 Å². The lowest BCUT2D eigenvalue weighted by molar-refractivity contribution is 0.931. The Bertz CT molecular complexity index is 933. The molecule has 0 aliphatic carbocycles. The van der Waals surface area contributed by atoms with Gasteiger partial charge in [0.1, 0.15) is 12.1 Å². The molecular formula is C17H14N6S. The molecule has 24 heavy (non-hydrogen) atoms. The third-order valence-electron chi connectivity index (χ3n) is 3.57. The summed E-state index contributed by atoms with van der Waals surface area (Å²) in [5, 5.41) is 5.24. The molecule has 0 atom stereocenters. The zero-order valence-corrected chi connectivity index (χ0v) is 13.7. The molecule has 0 saturated heterocycles. The van der Waals surface area contributed by atoms with Gasteiger partial charge in [0.05, 0.1) is 11.3 Å². The zero-order valence-electron chi connectivity index (χ0n) is 12.9. The summed E-state index contributed by atoms with van der Waals surface area (Å²) >= 11 is 1.66. The lowest BCUT2D eigenvalue weighted by atomic mass is 10.1. The predicted molar refractivity (Wildman–Crippen MR) is 95.2 cm³/mol. The second kappa shape index (κ2) is 6.21. The van der Waals surface area contributed by atoms with Crippen LogP contribution in [0.5, 0.6) is 0 Å². The van der Waals surface area contributed by atoms with E-state index in [0.717, 1.165) is 27.5 Å². The van der Waals surface area contributed by atoms with Crippen LogP contribution in [0.15, 0.2) is 60.8 Å². The lowest BCUT2D eigenvalue weighted by Crippen LogP contribution is -2.06. The first-order chi connectivity index (χ1) is 11.9. The number of thiophene rings is 1. The molecule has 0 radical (unpaired) electrons. The Hall–Kier alpha value is -3.06. The number of pyridine rings is 1. The van der Waals surface area contributed by atoms with E-state index in [0.29, 0.717) is 5.95 Å². The minimum atomic E-state index is 0.566. The minimum Gasteiger partial charge on any atom is -0.372 e. The van der Waals surface area contributed by atoms with Crippen molar-refractivity contribution in [2.24, 2.45) is 0 Å². The summed E-state index contributed by atoms with van der Waals surface area (Å²) in [6, 6.07) is 8.01. The first-order valence-corrected chi connectivity index (χ1v) is 8.27. The molecule has 0 spiro atoms. The third kappa shape index (κ3) is 2.55. The molecule has 7 heteroatoms. The molecule has 0 aromatic carbocycles. The summed E-state index contributed by atoms with van der Waals surface area (Å²) in [7, 11) is 1.87. The Kier molecular flexibility index (Phi) is 3.76. The summed E-state index contributed by atoms with van der Waals surface area (Å²) in [5.74, 6) is 1.34. The highest BCUT2D eigenvalue weighted by Crippen LogP contribution is 2.38. The molecule has 0 saturated carbocycles. The van der Waals surface area contributed by atoms with Gasteiger partial charge in [0, 0.05) is 42.3 Å². The average molecular weight is 334 g/mol. The highest BCUT2D eigenvalue weighted by atomic mass is 32.1. The number of rotatable bonds is 4. The van der Waals surface area contributed by atoms with Crippen molar-refractivity contribution < 1.29 is 0 Å². The normalized spacial score (nSPS) is 10.7. The summed E-state index contributed by atoms with van der Waals surface area (Å²) in [6.07, 6.45) is 8.79. The Morgan fingerprint density at radius 3 is 2.71 bits per heavy atom. The van der Waals surface area contributed by atoms with Crippen molar-refractivity contribution in [2.75, 3.05) is 12.4 Å². The second-order valence-electron chi connectivity index (χ2n) is 5.03. The molecule has 4 heterocycles. The topological polar surface area (TPSA) is 68.5 Å². The maximum atomic E-state index is 4.79. The SMILES string of the molecule is CNc1nc(-n2ccnc2)nc(-c2cccnc2)c1-c1cccs1. The van der Waals surface area contributed by atoms with Crippen LogP contribution in [0.2, 0.25) is 0 Å². The van der Waals surface area contributed by atoms with Crippen LogP contribution < -0.4 is 5.32 Å². The van der Waals surface area contributed by atoms with Gasteiger partial charge in [-0.2, -0.15) is 4.98 Å². The van der Waals surface area contributed by atoms with Gasteiger partial charge in [-0.05, 0) is 23.6 Å². The molecule has 4 aromatic rings. The van der Waals surface area contributed by atoms with Gasteiger partial charge >= 0.3 is 0 Å². The molecule has 4 rings (SSSR count). The summed E-state index contributed by atoms with van der Waals surface area (Å²) < 4.78 is 1.79. The van der Waals surface area contributed by atoms with Gasteiger partial charge in [-0.1, -0.05) is 6.07 Å². The molecule has 0 bridgehead atoms. The maximum absolute atomic E-state index is 4.79. The fraction of sp³-hybridized carbons (Fsp3) is 0.0588. The minimum absolute atomic E-state index is 0.566. The van der Waals surface area contributed by atoms with Gasteiger partial charge in [-0.3, -0.25) is 9.55 Å². The molecule has 118 valence electrons. The van der Waals surface area contributed by atoms with E-state index in [1.165, 1.54) is 0 Å². The standard InChI is InChI=1S/C17H14N6S/c1-18-16-14(13-5-3-9-24-13)15(12-4-2-6-19-10-12)21-17(22-16)23-8-7-20-11-23/h2-11H,1H3,(H,18,21,22). The number of nitrogens with one attached hydrogen (secondary N) is 1. The number of hydrogen-bond donors (Lipinski definition) is 1. The molecule has 0 fully saturated rings. The zero-order chi connectivity index (χ0) is 16.4. The van der Waals surface area contributed by atoms with Gasteiger partial charge < -0.3 is 5.32 Å². The molecule has 0 amide bonds. The van der Waals surface area contributed by atoms with E-state index < -0.39 is 0 Å². The molecule has 4 aromatic heterocycles. The Morgan fingerprint density at radius 1 is 1.08 bits per heavy atom. The lowest BCUT2D eigenvalue weighted by Gasteiger charge is -2.14. The third-order valence-corrected chi connectivity index (χ3v) is 4.46. The van der Waals surface area contributed by atoms with Crippen LogP contribution in [0.4, 0.5) is 5.82 Å². The van der Waals surface area contributed by atoms with E-state index in [2.05, 4.69) is 26.3 Å². The van der Waals surface area contributed by atoms with Crippen LogP contribution in [0.25, 0.3) is 27.6 Å².